The number of nitriles is 1. The van der Waals surface area contributed by atoms with Crippen LogP contribution in [0.15, 0.2) is 60.1 Å². The van der Waals surface area contributed by atoms with E-state index >= 15 is 0 Å². The molecule has 3 heterocycles. The Morgan fingerprint density at radius 2 is 2.09 bits per heavy atom. The van der Waals surface area contributed by atoms with Gasteiger partial charge in [-0.25, -0.2) is 15.0 Å². The van der Waals surface area contributed by atoms with E-state index in [0.717, 1.165) is 47.9 Å². The maximum Gasteiger partial charge on any atom is 0.242 e. The number of H-pyrrole nitrogens is 1. The third-order valence-electron chi connectivity index (χ3n) is 5.31. The number of allylic oxidation sites excluding steroid dienone is 1. The molecule has 8 nitrogen and oxygen atoms in total. The number of nitrogens with one attached hydrogen (secondary N) is 2. The van der Waals surface area contributed by atoms with E-state index in [-0.39, 0.29) is 0 Å². The van der Waals surface area contributed by atoms with E-state index < -0.39 is 0 Å². The fourth-order valence-corrected chi connectivity index (χ4v) is 3.57. The van der Waals surface area contributed by atoms with Crippen LogP contribution in [0.2, 0.25) is 0 Å². The molecule has 1 aliphatic heterocycles. The second-order valence-electron chi connectivity index (χ2n) is 7.57. The predicted molar refractivity (Wildman–Crippen MR) is 123 cm³/mol. The van der Waals surface area contributed by atoms with Crippen LogP contribution in [0.4, 0.5) is 5.82 Å². The Balaban J connectivity index is 1.47. The van der Waals surface area contributed by atoms with Crippen LogP contribution in [0.5, 0.6) is 17.4 Å². The molecule has 0 spiro atoms. The van der Waals surface area contributed by atoms with Gasteiger partial charge in [0.1, 0.15) is 11.3 Å². The van der Waals surface area contributed by atoms with E-state index in [0.29, 0.717) is 22.9 Å². The van der Waals surface area contributed by atoms with Crippen LogP contribution >= 0.6 is 0 Å². The van der Waals surface area contributed by atoms with Gasteiger partial charge in [0, 0.05) is 24.9 Å². The second kappa shape index (κ2) is 10.4. The van der Waals surface area contributed by atoms with Crippen molar-refractivity contribution in [1.82, 2.24) is 9.97 Å². The van der Waals surface area contributed by atoms with E-state index in [1.807, 2.05) is 30.5 Å². The van der Waals surface area contributed by atoms with E-state index in [4.69, 9.17) is 14.7 Å². The summed E-state index contributed by atoms with van der Waals surface area (Å²) >= 11 is 0. The van der Waals surface area contributed by atoms with E-state index in [1.54, 1.807) is 25.6 Å². The molecule has 0 radical (unpaired) electrons. The standard InChI is InChI=1S/C25H24N6O2/c1-17-5-3-4-11-27-24-23(17)25(31-16-30-24)28-12-10-18-6-8-20(21(13-18)32-2)33-22-9-7-19(14-26)15-29-22/h4,6-9,11,13,15-16H,3,5,10,12H2,1-2H3,(H,27,28,30,31)/p+1. The predicted octanol–water partition coefficient (Wildman–Crippen LogP) is 2.72. The summed E-state index contributed by atoms with van der Waals surface area (Å²) in [7, 11) is 1.61. The summed E-state index contributed by atoms with van der Waals surface area (Å²) in [5.74, 6) is 2.51. The average molecular weight is 442 g/mol. The largest absolute Gasteiger partial charge is 0.493 e. The number of hydrogen-bond acceptors (Lipinski definition) is 7. The van der Waals surface area contributed by atoms with Crippen molar-refractivity contribution in [3.05, 3.63) is 77.0 Å². The Bertz CT molecular complexity index is 1330. The highest BCUT2D eigenvalue weighted by Crippen LogP contribution is 2.31. The Kier molecular flexibility index (Phi) is 6.90. The smallest absolute Gasteiger partial charge is 0.242 e. The topological polar surface area (TPSA) is 107 Å². The molecule has 0 fully saturated rings. The molecule has 0 amide bonds. The normalized spacial score (nSPS) is 12.6. The van der Waals surface area contributed by atoms with Crippen LogP contribution in [-0.4, -0.2) is 23.6 Å². The first-order chi connectivity index (χ1) is 16.2. The van der Waals surface area contributed by atoms with Crippen LogP contribution < -0.4 is 30.5 Å². The summed E-state index contributed by atoms with van der Waals surface area (Å²) in [4.78, 5) is 16.2. The highest BCUT2D eigenvalue weighted by Gasteiger charge is 2.12. The first kappa shape index (κ1) is 22.0. The van der Waals surface area contributed by atoms with Crippen LogP contribution in [0.3, 0.4) is 0 Å². The molecule has 0 atom stereocenters. The second-order valence-corrected chi connectivity index (χ2v) is 7.57. The lowest BCUT2D eigenvalue weighted by molar-refractivity contribution is -0.367. The number of anilines is 1. The van der Waals surface area contributed by atoms with Gasteiger partial charge in [0.15, 0.2) is 11.5 Å². The van der Waals surface area contributed by atoms with Crippen LogP contribution in [0, 0.1) is 11.3 Å². The molecule has 3 aromatic rings. The molecule has 4 rings (SSSR count). The van der Waals surface area contributed by atoms with Gasteiger partial charge in [0.25, 0.3) is 0 Å². The van der Waals surface area contributed by atoms with Crippen LogP contribution in [0.1, 0.15) is 30.9 Å². The number of aromatic amines is 1. The number of aromatic nitrogens is 3. The minimum absolute atomic E-state index is 0.401. The molecule has 1 aromatic carbocycles. The molecule has 2 N–H and O–H groups in total. The molecule has 0 bridgehead atoms. The highest BCUT2D eigenvalue weighted by molar-refractivity contribution is 5.49. The zero-order valence-electron chi connectivity index (χ0n) is 18.6. The molecule has 0 saturated carbocycles. The van der Waals surface area contributed by atoms with Crippen molar-refractivity contribution < 1.29 is 14.5 Å². The van der Waals surface area contributed by atoms with Gasteiger partial charge in [-0.15, -0.1) is 0 Å². The van der Waals surface area contributed by atoms with E-state index in [9.17, 15) is 0 Å². The number of ether oxygens (including phenoxy) is 2. The Morgan fingerprint density at radius 3 is 2.88 bits per heavy atom. The fourth-order valence-electron chi connectivity index (χ4n) is 3.57. The third kappa shape index (κ3) is 5.33. The fraction of sp³-hybridized carbons (Fsp3) is 0.240. The number of fused-ring (bicyclic) bond motifs is 1. The lowest BCUT2D eigenvalue weighted by Gasteiger charge is -2.11. The molecule has 2 aromatic heterocycles. The SMILES string of the molecule is COc1cc(CCNc2[nH+]cnc3c2=C(C)CCC=CN=3)ccc1Oc1ccc(C#N)cn1. The van der Waals surface area contributed by atoms with E-state index in [1.165, 1.54) is 11.8 Å². The Labute approximate surface area is 192 Å². The van der Waals surface area contributed by atoms with Gasteiger partial charge in [-0.05, 0) is 43.5 Å². The van der Waals surface area contributed by atoms with E-state index in [2.05, 4.69) is 38.3 Å². The summed E-state index contributed by atoms with van der Waals surface area (Å²) in [6.45, 7) is 2.84. The van der Waals surface area contributed by atoms with Gasteiger partial charge >= 0.3 is 0 Å². The average Bonchev–Trinajstić information content (AvgIpc) is 2.83. The molecule has 166 valence electrons. The van der Waals surface area contributed by atoms with Crippen molar-refractivity contribution in [1.29, 1.82) is 5.26 Å². The number of nitrogens with zero attached hydrogens (tertiary/aromatic N) is 4. The van der Waals surface area contributed by atoms with Crippen molar-refractivity contribution in [2.45, 2.75) is 26.2 Å². The van der Waals surface area contributed by atoms with Crippen molar-refractivity contribution in [2.24, 2.45) is 4.99 Å². The Hall–Kier alpha value is -4.25. The van der Waals surface area contributed by atoms with Gasteiger partial charge < -0.3 is 14.8 Å². The summed E-state index contributed by atoms with van der Waals surface area (Å²) in [6.07, 6.45) is 9.76. The number of hydrogen-bond donors (Lipinski definition) is 1. The molecule has 8 heteroatoms. The minimum Gasteiger partial charge on any atom is -0.493 e. The molecule has 0 saturated heterocycles. The molecular formula is C25H25N6O2+. The molecule has 1 aliphatic rings. The van der Waals surface area contributed by atoms with Gasteiger partial charge in [0.2, 0.25) is 23.5 Å². The minimum atomic E-state index is 0.401. The number of methoxy groups -OCH3 is 1. The van der Waals surface area contributed by atoms with Gasteiger partial charge in [-0.1, -0.05) is 22.7 Å². The summed E-state index contributed by atoms with van der Waals surface area (Å²) in [6, 6.07) is 11.2. The zero-order valence-corrected chi connectivity index (χ0v) is 18.6. The third-order valence-corrected chi connectivity index (χ3v) is 5.31. The monoisotopic (exact) mass is 441 g/mol. The summed E-state index contributed by atoms with van der Waals surface area (Å²) in [5.41, 5.74) is 3.56. The number of benzene rings is 1. The quantitative estimate of drug-likeness (QED) is 0.604. The lowest BCUT2D eigenvalue weighted by Crippen LogP contribution is -2.39. The zero-order chi connectivity index (χ0) is 23.0. The van der Waals surface area contributed by atoms with Crippen LogP contribution in [-0.2, 0) is 6.42 Å². The van der Waals surface area contributed by atoms with Gasteiger partial charge in [-0.2, -0.15) is 5.26 Å². The summed E-state index contributed by atoms with van der Waals surface area (Å²) in [5, 5.41) is 13.4. The number of pyridine rings is 1. The maximum atomic E-state index is 8.90. The molecule has 33 heavy (non-hydrogen) atoms. The lowest BCUT2D eigenvalue weighted by atomic mass is 10.1. The molecular weight excluding hydrogens is 416 g/mol. The maximum absolute atomic E-state index is 8.90. The first-order valence-electron chi connectivity index (χ1n) is 10.7. The highest BCUT2D eigenvalue weighted by atomic mass is 16.5. The van der Waals surface area contributed by atoms with Crippen molar-refractivity contribution in [2.75, 3.05) is 19.0 Å². The molecule has 0 unspecified atom stereocenters. The van der Waals surface area contributed by atoms with Crippen LogP contribution in [0.25, 0.3) is 5.57 Å². The number of rotatable bonds is 7. The Morgan fingerprint density at radius 1 is 1.18 bits per heavy atom. The van der Waals surface area contributed by atoms with Crippen molar-refractivity contribution >= 4 is 11.4 Å². The first-order valence-corrected chi connectivity index (χ1v) is 10.7. The van der Waals surface area contributed by atoms with Gasteiger partial charge in [-0.3, -0.25) is 0 Å². The van der Waals surface area contributed by atoms with Gasteiger partial charge in [0.05, 0.1) is 19.2 Å². The van der Waals surface area contributed by atoms with Crippen molar-refractivity contribution in [3.63, 3.8) is 0 Å². The molecule has 0 aliphatic carbocycles. The summed E-state index contributed by atoms with van der Waals surface area (Å²) < 4.78 is 11.4. The van der Waals surface area contributed by atoms with Crippen molar-refractivity contribution in [3.8, 4) is 23.4 Å².